The number of ether oxygens (including phenoxy) is 2. The quantitative estimate of drug-likeness (QED) is 0.382. The van der Waals surface area contributed by atoms with Gasteiger partial charge in [-0.3, -0.25) is 14.3 Å². The van der Waals surface area contributed by atoms with Crippen molar-refractivity contribution in [1.82, 2.24) is 20.0 Å². The summed E-state index contributed by atoms with van der Waals surface area (Å²) in [5.74, 6) is -1.07. The molecule has 1 aliphatic heterocycles. The van der Waals surface area contributed by atoms with E-state index in [1.54, 1.807) is 25.9 Å². The number of amides is 2. The van der Waals surface area contributed by atoms with Crippen LogP contribution in [0.5, 0.6) is 0 Å². The Hall–Kier alpha value is -2.42. The second kappa shape index (κ2) is 10.3. The fourth-order valence-electron chi connectivity index (χ4n) is 4.43. The smallest absolute Gasteiger partial charge is 0.358 e. The SMILES string of the molecule is CCOC(=O)c1cc2n(n1)CC(C)(C(=O)NC1CCCCCC1)N(CCCOC)C2=O. The summed E-state index contributed by atoms with van der Waals surface area (Å²) < 4.78 is 11.6. The summed E-state index contributed by atoms with van der Waals surface area (Å²) in [4.78, 5) is 40.6. The van der Waals surface area contributed by atoms with Gasteiger partial charge in [-0.05, 0) is 33.1 Å². The molecule has 1 saturated carbocycles. The van der Waals surface area contributed by atoms with E-state index in [9.17, 15) is 14.4 Å². The Morgan fingerprint density at radius 1 is 1.26 bits per heavy atom. The Labute approximate surface area is 183 Å². The molecular formula is C22H34N4O5. The van der Waals surface area contributed by atoms with Gasteiger partial charge in [-0.25, -0.2) is 4.79 Å². The molecule has 0 aromatic carbocycles. The predicted molar refractivity (Wildman–Crippen MR) is 114 cm³/mol. The summed E-state index contributed by atoms with van der Waals surface area (Å²) in [6.45, 7) is 4.75. The summed E-state index contributed by atoms with van der Waals surface area (Å²) in [7, 11) is 1.61. The lowest BCUT2D eigenvalue weighted by Gasteiger charge is -2.43. The Morgan fingerprint density at radius 2 is 1.97 bits per heavy atom. The maximum atomic E-state index is 13.5. The van der Waals surface area contributed by atoms with Gasteiger partial charge in [0.1, 0.15) is 11.2 Å². The second-order valence-electron chi connectivity index (χ2n) is 8.53. The molecule has 1 aromatic rings. The van der Waals surface area contributed by atoms with E-state index < -0.39 is 11.5 Å². The zero-order valence-corrected chi connectivity index (χ0v) is 18.8. The Bertz CT molecular complexity index is 800. The molecule has 2 heterocycles. The van der Waals surface area contributed by atoms with E-state index >= 15 is 0 Å². The minimum Gasteiger partial charge on any atom is -0.461 e. The van der Waals surface area contributed by atoms with Gasteiger partial charge in [-0.2, -0.15) is 5.10 Å². The van der Waals surface area contributed by atoms with Crippen LogP contribution in [0.4, 0.5) is 0 Å². The van der Waals surface area contributed by atoms with Gasteiger partial charge in [0.25, 0.3) is 5.91 Å². The average Bonchev–Trinajstić information content (AvgIpc) is 2.99. The number of rotatable bonds is 8. The summed E-state index contributed by atoms with van der Waals surface area (Å²) in [5, 5.41) is 7.47. The number of aromatic nitrogens is 2. The van der Waals surface area contributed by atoms with Crippen molar-refractivity contribution in [1.29, 1.82) is 0 Å². The zero-order valence-electron chi connectivity index (χ0n) is 18.8. The third-order valence-electron chi connectivity index (χ3n) is 6.19. The molecule has 9 heteroatoms. The lowest BCUT2D eigenvalue weighted by atomic mass is 9.93. The van der Waals surface area contributed by atoms with Crippen LogP contribution in [-0.4, -0.2) is 70.9 Å². The first-order valence-corrected chi connectivity index (χ1v) is 11.3. The van der Waals surface area contributed by atoms with Gasteiger partial charge in [0.15, 0.2) is 5.69 Å². The lowest BCUT2D eigenvalue weighted by molar-refractivity contribution is -0.134. The second-order valence-corrected chi connectivity index (χ2v) is 8.53. The Kier molecular flexibility index (Phi) is 7.69. The van der Waals surface area contributed by atoms with Gasteiger partial charge in [-0.1, -0.05) is 25.7 Å². The Morgan fingerprint density at radius 3 is 2.61 bits per heavy atom. The molecule has 0 saturated heterocycles. The van der Waals surface area contributed by atoms with Crippen LogP contribution >= 0.6 is 0 Å². The van der Waals surface area contributed by atoms with E-state index in [2.05, 4.69) is 10.4 Å². The third-order valence-corrected chi connectivity index (χ3v) is 6.19. The van der Waals surface area contributed by atoms with Crippen LogP contribution in [0.1, 0.15) is 79.8 Å². The molecule has 1 unspecified atom stereocenters. The van der Waals surface area contributed by atoms with Crippen molar-refractivity contribution in [2.24, 2.45) is 0 Å². The number of methoxy groups -OCH3 is 1. The molecule has 1 N–H and O–H groups in total. The molecular weight excluding hydrogens is 400 g/mol. The van der Waals surface area contributed by atoms with Crippen molar-refractivity contribution < 1.29 is 23.9 Å². The first-order chi connectivity index (χ1) is 14.9. The molecule has 1 aromatic heterocycles. The van der Waals surface area contributed by atoms with Gasteiger partial charge in [0, 0.05) is 32.4 Å². The van der Waals surface area contributed by atoms with E-state index in [1.165, 1.54) is 23.6 Å². The molecule has 1 aliphatic carbocycles. The standard InChI is InChI=1S/C22H34N4O5/c1-4-31-20(28)17-14-18-19(27)25(12-9-13-30-3)22(2,15-26(18)24-17)21(29)23-16-10-7-5-6-8-11-16/h14,16H,4-13,15H2,1-3H3,(H,23,29). The first kappa shape index (κ1) is 23.2. The van der Waals surface area contributed by atoms with Crippen LogP contribution in [0.3, 0.4) is 0 Å². The van der Waals surface area contributed by atoms with Gasteiger partial charge in [0.05, 0.1) is 13.2 Å². The van der Waals surface area contributed by atoms with Crippen molar-refractivity contribution >= 4 is 17.8 Å². The molecule has 0 spiro atoms. The zero-order chi connectivity index (χ0) is 22.4. The van der Waals surface area contributed by atoms with E-state index in [0.717, 1.165) is 25.7 Å². The van der Waals surface area contributed by atoms with Crippen LogP contribution in [0.2, 0.25) is 0 Å². The molecule has 1 atom stereocenters. The fourth-order valence-corrected chi connectivity index (χ4v) is 4.43. The van der Waals surface area contributed by atoms with E-state index in [0.29, 0.717) is 25.3 Å². The normalized spacial score (nSPS) is 22.0. The topological polar surface area (TPSA) is 103 Å². The minimum absolute atomic E-state index is 0.0791. The molecule has 2 amide bonds. The minimum atomic E-state index is -1.11. The maximum absolute atomic E-state index is 13.5. The fraction of sp³-hybridized carbons (Fsp3) is 0.727. The summed E-state index contributed by atoms with van der Waals surface area (Å²) in [5.41, 5.74) is -0.738. The van der Waals surface area contributed by atoms with Gasteiger partial charge in [0.2, 0.25) is 5.91 Å². The van der Waals surface area contributed by atoms with Crippen LogP contribution in [0.15, 0.2) is 6.07 Å². The highest BCUT2D eigenvalue weighted by Gasteiger charge is 2.48. The lowest BCUT2D eigenvalue weighted by Crippen LogP contribution is -2.65. The van der Waals surface area contributed by atoms with Crippen molar-refractivity contribution in [3.8, 4) is 0 Å². The summed E-state index contributed by atoms with van der Waals surface area (Å²) in [6.07, 6.45) is 7.11. The number of hydrogen-bond donors (Lipinski definition) is 1. The van der Waals surface area contributed by atoms with Crippen LogP contribution in [-0.2, 0) is 20.8 Å². The number of hydrogen-bond acceptors (Lipinski definition) is 6. The third kappa shape index (κ3) is 5.08. The molecule has 172 valence electrons. The molecule has 9 nitrogen and oxygen atoms in total. The van der Waals surface area contributed by atoms with Crippen LogP contribution in [0, 0.1) is 0 Å². The first-order valence-electron chi connectivity index (χ1n) is 11.3. The van der Waals surface area contributed by atoms with Gasteiger partial charge >= 0.3 is 5.97 Å². The molecule has 2 aliphatic rings. The number of carbonyl (C=O) groups is 3. The van der Waals surface area contributed by atoms with Gasteiger partial charge in [-0.15, -0.1) is 0 Å². The van der Waals surface area contributed by atoms with Crippen molar-refractivity contribution in [2.45, 2.75) is 76.9 Å². The molecule has 31 heavy (non-hydrogen) atoms. The monoisotopic (exact) mass is 434 g/mol. The highest BCUT2D eigenvalue weighted by molar-refractivity contribution is 6.01. The molecule has 0 bridgehead atoms. The Balaban J connectivity index is 1.87. The summed E-state index contributed by atoms with van der Waals surface area (Å²) in [6, 6.07) is 1.57. The highest BCUT2D eigenvalue weighted by Crippen LogP contribution is 2.29. The van der Waals surface area contributed by atoms with Crippen LogP contribution < -0.4 is 5.32 Å². The van der Waals surface area contributed by atoms with Crippen molar-refractivity contribution in [2.75, 3.05) is 26.9 Å². The molecule has 0 radical (unpaired) electrons. The maximum Gasteiger partial charge on any atom is 0.358 e. The molecule has 1 fully saturated rings. The van der Waals surface area contributed by atoms with E-state index in [4.69, 9.17) is 9.47 Å². The van der Waals surface area contributed by atoms with E-state index in [1.807, 2.05) is 0 Å². The average molecular weight is 435 g/mol. The molecule has 3 rings (SSSR count). The number of nitrogens with one attached hydrogen (secondary N) is 1. The van der Waals surface area contributed by atoms with Crippen molar-refractivity contribution in [3.05, 3.63) is 17.5 Å². The van der Waals surface area contributed by atoms with Crippen LogP contribution in [0.25, 0.3) is 0 Å². The number of fused-ring (bicyclic) bond motifs is 1. The number of esters is 1. The largest absolute Gasteiger partial charge is 0.461 e. The predicted octanol–water partition coefficient (Wildman–Crippen LogP) is 2.15. The number of carbonyl (C=O) groups excluding carboxylic acids is 3. The van der Waals surface area contributed by atoms with Gasteiger partial charge < -0.3 is 19.7 Å². The highest BCUT2D eigenvalue weighted by atomic mass is 16.5. The summed E-state index contributed by atoms with van der Waals surface area (Å²) >= 11 is 0. The van der Waals surface area contributed by atoms with Crippen molar-refractivity contribution in [3.63, 3.8) is 0 Å². The number of nitrogens with zero attached hydrogens (tertiary/aromatic N) is 3. The van der Waals surface area contributed by atoms with E-state index in [-0.39, 0.29) is 36.7 Å².